The van der Waals surface area contributed by atoms with Crippen molar-refractivity contribution in [2.24, 2.45) is 0 Å². The first kappa shape index (κ1) is 17.2. The van der Waals surface area contributed by atoms with E-state index in [1.807, 2.05) is 6.07 Å². The van der Waals surface area contributed by atoms with Crippen LogP contribution < -0.4 is 4.90 Å². The van der Waals surface area contributed by atoms with Crippen LogP contribution in [0.2, 0.25) is 0 Å². The van der Waals surface area contributed by atoms with Crippen LogP contribution in [0.4, 0.5) is 11.4 Å². The van der Waals surface area contributed by atoms with Crippen molar-refractivity contribution in [3.63, 3.8) is 0 Å². The van der Waals surface area contributed by atoms with Gasteiger partial charge in [0.2, 0.25) is 0 Å². The van der Waals surface area contributed by atoms with Gasteiger partial charge in [-0.05, 0) is 50.3 Å². The van der Waals surface area contributed by atoms with Crippen LogP contribution in [0.3, 0.4) is 0 Å². The van der Waals surface area contributed by atoms with Crippen LogP contribution in [0.5, 0.6) is 0 Å². The second-order valence-corrected chi connectivity index (χ2v) is 6.68. The Morgan fingerprint density at radius 3 is 2.54 bits per heavy atom. The smallest absolute Gasteiger partial charge is 0.269 e. The Morgan fingerprint density at radius 1 is 1.08 bits per heavy atom. The molecule has 2 fully saturated rings. The second kappa shape index (κ2) is 8.44. The van der Waals surface area contributed by atoms with Gasteiger partial charge in [-0.3, -0.25) is 15.0 Å². The summed E-state index contributed by atoms with van der Waals surface area (Å²) in [7, 11) is 0. The van der Waals surface area contributed by atoms with E-state index in [2.05, 4.69) is 9.80 Å². The lowest BCUT2D eigenvalue weighted by Crippen LogP contribution is -2.37. The fourth-order valence-electron chi connectivity index (χ4n) is 3.65. The van der Waals surface area contributed by atoms with Crippen molar-refractivity contribution in [1.82, 2.24) is 4.90 Å². The molecule has 1 aromatic rings. The van der Waals surface area contributed by atoms with Gasteiger partial charge in [0.25, 0.3) is 5.69 Å². The fourth-order valence-corrected chi connectivity index (χ4v) is 3.65. The summed E-state index contributed by atoms with van der Waals surface area (Å²) >= 11 is 0. The normalized spacial score (nSPS) is 19.4. The number of rotatable bonds is 6. The average Bonchev–Trinajstić information content (AvgIpc) is 2.63. The highest BCUT2D eigenvalue weighted by Gasteiger charge is 2.18. The third-order valence-corrected chi connectivity index (χ3v) is 4.99. The van der Waals surface area contributed by atoms with Gasteiger partial charge < -0.3 is 9.64 Å². The molecule has 2 saturated heterocycles. The molecule has 24 heavy (non-hydrogen) atoms. The molecule has 0 aromatic heterocycles. The molecule has 2 heterocycles. The Hall–Kier alpha value is -1.66. The number of morpholine rings is 1. The van der Waals surface area contributed by atoms with E-state index < -0.39 is 0 Å². The predicted octanol–water partition coefficient (Wildman–Crippen LogP) is 2.85. The molecule has 6 heteroatoms. The highest BCUT2D eigenvalue weighted by molar-refractivity contribution is 5.58. The summed E-state index contributed by atoms with van der Waals surface area (Å²) in [4.78, 5) is 15.7. The first-order chi connectivity index (χ1) is 11.7. The van der Waals surface area contributed by atoms with Gasteiger partial charge >= 0.3 is 0 Å². The summed E-state index contributed by atoms with van der Waals surface area (Å²) in [5.41, 5.74) is 2.53. The number of piperidine rings is 1. The number of hydrogen-bond acceptors (Lipinski definition) is 5. The lowest BCUT2D eigenvalue weighted by Gasteiger charge is -2.31. The van der Waals surface area contributed by atoms with Crippen LogP contribution in [0.25, 0.3) is 0 Å². The number of nitrogens with zero attached hydrogens (tertiary/aromatic N) is 3. The molecule has 0 atom stereocenters. The molecule has 0 radical (unpaired) electrons. The van der Waals surface area contributed by atoms with Crippen molar-refractivity contribution in [3.05, 3.63) is 33.9 Å². The monoisotopic (exact) mass is 333 g/mol. The van der Waals surface area contributed by atoms with Gasteiger partial charge in [0.05, 0.1) is 18.1 Å². The van der Waals surface area contributed by atoms with Crippen LogP contribution >= 0.6 is 0 Å². The van der Waals surface area contributed by atoms with Gasteiger partial charge in [0.1, 0.15) is 0 Å². The van der Waals surface area contributed by atoms with Crippen LogP contribution in [0.15, 0.2) is 18.2 Å². The summed E-state index contributed by atoms with van der Waals surface area (Å²) in [5.74, 6) is 0. The van der Waals surface area contributed by atoms with E-state index in [9.17, 15) is 10.1 Å². The van der Waals surface area contributed by atoms with Gasteiger partial charge in [-0.2, -0.15) is 0 Å². The largest absolute Gasteiger partial charge is 0.379 e. The van der Waals surface area contributed by atoms with Crippen molar-refractivity contribution in [2.75, 3.05) is 50.8 Å². The molecule has 2 aliphatic rings. The molecular formula is C18H27N3O3. The molecular weight excluding hydrogens is 306 g/mol. The van der Waals surface area contributed by atoms with Crippen molar-refractivity contribution < 1.29 is 9.66 Å². The topological polar surface area (TPSA) is 58.9 Å². The Balaban J connectivity index is 1.67. The first-order valence-electron chi connectivity index (χ1n) is 9.06. The van der Waals surface area contributed by atoms with Crippen LogP contribution in [-0.2, 0) is 11.2 Å². The number of anilines is 1. The molecule has 0 saturated carbocycles. The summed E-state index contributed by atoms with van der Waals surface area (Å²) in [5, 5.41) is 11.1. The number of hydrogen-bond donors (Lipinski definition) is 0. The van der Waals surface area contributed by atoms with E-state index in [-0.39, 0.29) is 10.6 Å². The summed E-state index contributed by atoms with van der Waals surface area (Å²) < 4.78 is 5.38. The quantitative estimate of drug-likeness (QED) is 0.592. The van der Waals surface area contributed by atoms with Gasteiger partial charge in [0.15, 0.2) is 0 Å². The zero-order valence-electron chi connectivity index (χ0n) is 14.3. The highest BCUT2D eigenvalue weighted by atomic mass is 16.6. The van der Waals surface area contributed by atoms with Gasteiger partial charge in [-0.25, -0.2) is 0 Å². The third kappa shape index (κ3) is 4.45. The zero-order valence-corrected chi connectivity index (χ0v) is 14.3. The standard InChI is InChI=1S/C18H27N3O3/c22-21(23)17-6-7-18(20-9-2-1-3-10-20)16(15-17)5-4-8-19-11-13-24-14-12-19/h6-7,15H,1-5,8-14H2. The van der Waals surface area contributed by atoms with E-state index in [1.54, 1.807) is 12.1 Å². The predicted molar refractivity (Wildman–Crippen MR) is 94.7 cm³/mol. The average molecular weight is 333 g/mol. The Kier molecular flexibility index (Phi) is 6.04. The number of nitro groups is 1. The van der Waals surface area contributed by atoms with Crippen LogP contribution in [-0.4, -0.2) is 55.8 Å². The first-order valence-corrected chi connectivity index (χ1v) is 9.06. The molecule has 6 nitrogen and oxygen atoms in total. The van der Waals surface area contributed by atoms with Crippen LogP contribution in [0, 0.1) is 10.1 Å². The fraction of sp³-hybridized carbons (Fsp3) is 0.667. The van der Waals surface area contributed by atoms with Gasteiger partial charge in [-0.15, -0.1) is 0 Å². The maximum absolute atomic E-state index is 11.1. The molecule has 0 aliphatic carbocycles. The number of nitro benzene ring substituents is 1. The number of ether oxygens (including phenoxy) is 1. The lowest BCUT2D eigenvalue weighted by molar-refractivity contribution is -0.384. The van der Waals surface area contributed by atoms with Crippen molar-refractivity contribution in [3.8, 4) is 0 Å². The Morgan fingerprint density at radius 2 is 1.83 bits per heavy atom. The second-order valence-electron chi connectivity index (χ2n) is 6.68. The number of aryl methyl sites for hydroxylation is 1. The number of benzene rings is 1. The molecule has 0 N–H and O–H groups in total. The van der Waals surface area contributed by atoms with Gasteiger partial charge in [-0.1, -0.05) is 0 Å². The molecule has 1 aromatic carbocycles. The summed E-state index contributed by atoms with van der Waals surface area (Å²) in [6, 6.07) is 5.38. The minimum atomic E-state index is -0.286. The zero-order chi connectivity index (χ0) is 16.8. The molecule has 0 spiro atoms. The maximum atomic E-state index is 11.1. The summed E-state index contributed by atoms with van der Waals surface area (Å²) in [6.45, 7) is 6.78. The van der Waals surface area contributed by atoms with E-state index in [0.717, 1.165) is 64.3 Å². The number of non-ortho nitro benzene ring substituents is 1. The molecule has 3 rings (SSSR count). The van der Waals surface area contributed by atoms with Gasteiger partial charge in [0, 0.05) is 44.0 Å². The van der Waals surface area contributed by atoms with E-state index in [4.69, 9.17) is 4.74 Å². The van der Waals surface area contributed by atoms with Crippen molar-refractivity contribution in [1.29, 1.82) is 0 Å². The minimum Gasteiger partial charge on any atom is -0.379 e. The maximum Gasteiger partial charge on any atom is 0.269 e. The molecule has 2 aliphatic heterocycles. The molecule has 0 amide bonds. The molecule has 132 valence electrons. The van der Waals surface area contributed by atoms with Crippen molar-refractivity contribution in [2.45, 2.75) is 32.1 Å². The Bertz CT molecular complexity index is 552. The van der Waals surface area contributed by atoms with E-state index >= 15 is 0 Å². The third-order valence-electron chi connectivity index (χ3n) is 4.99. The summed E-state index contributed by atoms with van der Waals surface area (Å²) in [6.07, 6.45) is 5.64. The van der Waals surface area contributed by atoms with Crippen LogP contribution in [0.1, 0.15) is 31.2 Å². The SMILES string of the molecule is O=[N+]([O-])c1ccc(N2CCCCC2)c(CCCN2CCOCC2)c1. The molecule has 0 bridgehead atoms. The van der Waals surface area contributed by atoms with E-state index in [1.165, 1.54) is 24.9 Å². The van der Waals surface area contributed by atoms with E-state index in [0.29, 0.717) is 0 Å². The van der Waals surface area contributed by atoms with Crippen molar-refractivity contribution >= 4 is 11.4 Å². The molecule has 0 unspecified atom stereocenters. The lowest BCUT2D eigenvalue weighted by atomic mass is 10.0. The minimum absolute atomic E-state index is 0.206. The highest BCUT2D eigenvalue weighted by Crippen LogP contribution is 2.29. The Labute approximate surface area is 143 Å².